The lowest BCUT2D eigenvalue weighted by Gasteiger charge is -2.46. The number of hydrogen-bond donors (Lipinski definition) is 2. The summed E-state index contributed by atoms with van der Waals surface area (Å²) < 4.78 is 18.8. The van der Waals surface area contributed by atoms with Crippen LogP contribution in [0, 0.1) is 0 Å². The molecule has 1 spiro atoms. The Morgan fingerprint density at radius 3 is 2.58 bits per heavy atom. The fourth-order valence-corrected chi connectivity index (χ4v) is 6.05. The Bertz CT molecular complexity index is 725. The maximum absolute atomic E-state index is 13.0. The highest BCUT2D eigenvalue weighted by atomic mass is 32.2. The molecule has 0 atom stereocenters. The number of amides is 1. The number of rotatable bonds is 2. The average molecular weight is 352 g/mol. The van der Waals surface area contributed by atoms with Gasteiger partial charge in [-0.1, -0.05) is 5.21 Å². The Labute approximate surface area is 141 Å². The normalized spacial score (nSPS) is 34.0. The Kier molecular flexibility index (Phi) is 4.17. The third kappa shape index (κ3) is 3.00. The Morgan fingerprint density at radius 2 is 1.96 bits per heavy atom. The van der Waals surface area contributed by atoms with Crippen LogP contribution in [-0.4, -0.2) is 61.8 Å². The molecule has 9 heteroatoms. The quantitative estimate of drug-likeness (QED) is 0.796. The van der Waals surface area contributed by atoms with Crippen LogP contribution >= 0.6 is 0 Å². The first kappa shape index (κ1) is 16.2. The molecular formula is C15H24N6O2S. The predicted octanol–water partition coefficient (Wildman–Crippen LogP) is 0.337. The summed E-state index contributed by atoms with van der Waals surface area (Å²) in [6.07, 6.45) is 6.10. The molecule has 132 valence electrons. The van der Waals surface area contributed by atoms with Crippen LogP contribution in [0.4, 0.5) is 0 Å². The van der Waals surface area contributed by atoms with Gasteiger partial charge in [0.05, 0.1) is 22.0 Å². The van der Waals surface area contributed by atoms with E-state index in [9.17, 15) is 9.00 Å². The van der Waals surface area contributed by atoms with Gasteiger partial charge in [-0.25, -0.2) is 8.89 Å². The number of nitrogens with one attached hydrogen (secondary N) is 2. The summed E-state index contributed by atoms with van der Waals surface area (Å²) in [5.41, 5.74) is 0.532. The summed E-state index contributed by atoms with van der Waals surface area (Å²) >= 11 is 0. The number of hydrogen-bond acceptors (Lipinski definition) is 6. The Hall–Kier alpha value is -1.32. The van der Waals surface area contributed by atoms with Gasteiger partial charge in [-0.05, 0) is 51.7 Å². The number of nitrogens with zero attached hydrogens (tertiary/aromatic N) is 4. The van der Waals surface area contributed by atoms with Gasteiger partial charge in [-0.2, -0.15) is 4.36 Å². The highest BCUT2D eigenvalue weighted by Crippen LogP contribution is 2.33. The van der Waals surface area contributed by atoms with Gasteiger partial charge in [0.2, 0.25) is 0 Å². The lowest BCUT2D eigenvalue weighted by Crippen LogP contribution is -2.60. The molecule has 0 aliphatic carbocycles. The first-order chi connectivity index (χ1) is 11.6. The largest absolute Gasteiger partial charge is 0.317 e. The van der Waals surface area contributed by atoms with Gasteiger partial charge >= 0.3 is 5.91 Å². The van der Waals surface area contributed by atoms with Crippen molar-refractivity contribution in [3.8, 4) is 0 Å². The van der Waals surface area contributed by atoms with Crippen molar-refractivity contribution in [1.29, 1.82) is 0 Å². The van der Waals surface area contributed by atoms with Gasteiger partial charge in [0.15, 0.2) is 0 Å². The summed E-state index contributed by atoms with van der Waals surface area (Å²) in [7, 11) is -2.46. The molecule has 2 N–H and O–H groups in total. The van der Waals surface area contributed by atoms with Crippen molar-refractivity contribution in [3.05, 3.63) is 11.9 Å². The van der Waals surface area contributed by atoms with Crippen molar-refractivity contribution in [2.45, 2.75) is 43.7 Å². The Balaban J connectivity index is 1.52. The molecule has 8 nitrogen and oxygen atoms in total. The molecule has 3 aliphatic rings. The molecule has 0 radical (unpaired) electrons. The molecule has 24 heavy (non-hydrogen) atoms. The van der Waals surface area contributed by atoms with Crippen molar-refractivity contribution >= 4 is 15.6 Å². The van der Waals surface area contributed by atoms with E-state index in [1.165, 1.54) is 6.20 Å². The van der Waals surface area contributed by atoms with E-state index < -0.39 is 15.6 Å². The molecule has 0 unspecified atom stereocenters. The number of piperidine rings is 1. The van der Waals surface area contributed by atoms with Gasteiger partial charge in [-0.15, -0.1) is 5.10 Å². The van der Waals surface area contributed by atoms with Crippen LogP contribution in [0.5, 0.6) is 0 Å². The molecule has 3 saturated heterocycles. The summed E-state index contributed by atoms with van der Waals surface area (Å²) in [6.45, 7) is 2.85. The molecule has 1 amide bonds. The molecule has 0 bridgehead atoms. The molecule has 0 saturated carbocycles. The van der Waals surface area contributed by atoms with Crippen LogP contribution in [0.25, 0.3) is 0 Å². The van der Waals surface area contributed by atoms with Crippen molar-refractivity contribution in [2.24, 2.45) is 4.36 Å². The average Bonchev–Trinajstić information content (AvgIpc) is 3.04. The van der Waals surface area contributed by atoms with Crippen molar-refractivity contribution in [2.75, 3.05) is 31.1 Å². The van der Waals surface area contributed by atoms with Gasteiger partial charge < -0.3 is 10.6 Å². The van der Waals surface area contributed by atoms with E-state index in [0.717, 1.165) is 51.7 Å². The standard InChI is InChI=1S/C15H24N6O2S/c22-14(13-11-18-20-21(13)12-1-6-16-7-2-12)19-24(23)9-4-15(5-10-24)3-8-17-15/h11-12,16-17H,1-10H2. The zero-order valence-corrected chi connectivity index (χ0v) is 14.6. The lowest BCUT2D eigenvalue weighted by atomic mass is 9.82. The first-order valence-corrected chi connectivity index (χ1v) is 10.6. The summed E-state index contributed by atoms with van der Waals surface area (Å²) in [4.78, 5) is 12.6. The molecule has 3 aliphatic heterocycles. The van der Waals surface area contributed by atoms with Crippen LogP contribution in [0.3, 0.4) is 0 Å². The summed E-state index contributed by atoms with van der Waals surface area (Å²) in [5, 5.41) is 14.7. The SMILES string of the molecule is O=C(N=S1(=O)CCC2(CCN2)CC1)c1cnnn1C1CCNCC1. The smallest absolute Gasteiger partial charge is 0.305 e. The molecular weight excluding hydrogens is 328 g/mol. The van der Waals surface area contributed by atoms with Crippen molar-refractivity contribution in [1.82, 2.24) is 25.6 Å². The van der Waals surface area contributed by atoms with E-state index in [-0.39, 0.29) is 11.6 Å². The van der Waals surface area contributed by atoms with Gasteiger partial charge in [0, 0.05) is 17.0 Å². The second-order valence-corrected chi connectivity index (χ2v) is 9.62. The van der Waals surface area contributed by atoms with Crippen LogP contribution in [0.1, 0.15) is 48.6 Å². The van der Waals surface area contributed by atoms with E-state index in [1.54, 1.807) is 4.68 Å². The minimum Gasteiger partial charge on any atom is -0.317 e. The maximum atomic E-state index is 13.0. The van der Waals surface area contributed by atoms with E-state index in [1.807, 2.05) is 0 Å². The van der Waals surface area contributed by atoms with Gasteiger partial charge in [-0.3, -0.25) is 4.79 Å². The predicted molar refractivity (Wildman–Crippen MR) is 90.4 cm³/mol. The van der Waals surface area contributed by atoms with Crippen LogP contribution < -0.4 is 10.6 Å². The van der Waals surface area contributed by atoms with E-state index in [2.05, 4.69) is 25.3 Å². The van der Waals surface area contributed by atoms with Gasteiger partial charge in [0.1, 0.15) is 5.69 Å². The third-order valence-electron chi connectivity index (χ3n) is 5.60. The molecule has 4 heterocycles. The number of carbonyl (C=O) groups excluding carboxylic acids is 1. The summed E-state index contributed by atoms with van der Waals surface area (Å²) in [6, 6.07) is 0.161. The topological polar surface area (TPSA) is 101 Å². The summed E-state index contributed by atoms with van der Waals surface area (Å²) in [5.74, 6) is 0.572. The lowest BCUT2D eigenvalue weighted by molar-refractivity contribution is 0.0989. The van der Waals surface area contributed by atoms with Crippen molar-refractivity contribution in [3.63, 3.8) is 0 Å². The fourth-order valence-electron chi connectivity index (χ4n) is 3.85. The third-order valence-corrected chi connectivity index (χ3v) is 7.78. The number of aromatic nitrogens is 3. The molecule has 1 aromatic rings. The van der Waals surface area contributed by atoms with Crippen LogP contribution in [-0.2, 0) is 9.73 Å². The highest BCUT2D eigenvalue weighted by molar-refractivity contribution is 7.93. The fraction of sp³-hybridized carbons (Fsp3) is 0.800. The minimum atomic E-state index is -2.46. The molecule has 4 rings (SSSR count). The van der Waals surface area contributed by atoms with E-state index >= 15 is 0 Å². The highest BCUT2D eigenvalue weighted by Gasteiger charge is 2.41. The molecule has 1 aromatic heterocycles. The van der Waals surface area contributed by atoms with Gasteiger partial charge in [0.25, 0.3) is 0 Å². The second-order valence-electron chi connectivity index (χ2n) is 7.08. The zero-order chi connectivity index (χ0) is 16.6. The minimum absolute atomic E-state index is 0.161. The molecule has 0 aromatic carbocycles. The second kappa shape index (κ2) is 6.20. The van der Waals surface area contributed by atoms with Crippen LogP contribution in [0.15, 0.2) is 10.6 Å². The van der Waals surface area contributed by atoms with Crippen LogP contribution in [0.2, 0.25) is 0 Å². The van der Waals surface area contributed by atoms with E-state index in [4.69, 9.17) is 0 Å². The van der Waals surface area contributed by atoms with E-state index in [0.29, 0.717) is 17.2 Å². The monoisotopic (exact) mass is 352 g/mol. The Morgan fingerprint density at radius 1 is 1.25 bits per heavy atom. The number of carbonyl (C=O) groups is 1. The van der Waals surface area contributed by atoms with Crippen molar-refractivity contribution < 1.29 is 9.00 Å². The molecule has 3 fully saturated rings. The first-order valence-electron chi connectivity index (χ1n) is 8.72. The maximum Gasteiger partial charge on any atom is 0.305 e. The zero-order valence-electron chi connectivity index (χ0n) is 13.7.